The van der Waals surface area contributed by atoms with Gasteiger partial charge in [0.1, 0.15) is 17.1 Å². The Labute approximate surface area is 111 Å². The molecule has 0 unspecified atom stereocenters. The van der Waals surface area contributed by atoms with Gasteiger partial charge >= 0.3 is 0 Å². The van der Waals surface area contributed by atoms with E-state index in [9.17, 15) is 5.11 Å². The fraction of sp³-hybridized carbons (Fsp3) is 0.333. The van der Waals surface area contributed by atoms with E-state index in [0.717, 1.165) is 34.3 Å². The lowest BCUT2D eigenvalue weighted by molar-refractivity contribution is 0.476. The molecule has 98 valence electrons. The Hall–Kier alpha value is -2.10. The number of fused-ring (bicyclic) bond motifs is 3. The Morgan fingerprint density at radius 2 is 2.05 bits per heavy atom. The van der Waals surface area contributed by atoms with E-state index in [1.165, 1.54) is 0 Å². The van der Waals surface area contributed by atoms with Crippen LogP contribution in [-0.4, -0.2) is 19.6 Å². The first kappa shape index (κ1) is 12.0. The summed E-state index contributed by atoms with van der Waals surface area (Å²) in [5, 5.41) is 10.6. The minimum Gasteiger partial charge on any atom is -0.508 e. The minimum atomic E-state index is 0.242. The number of aromatic hydroxyl groups is 1. The highest BCUT2D eigenvalue weighted by molar-refractivity contribution is 6.02. The van der Waals surface area contributed by atoms with Crippen molar-refractivity contribution in [1.82, 2.24) is 14.5 Å². The van der Waals surface area contributed by atoms with Crippen molar-refractivity contribution in [2.75, 3.05) is 0 Å². The lowest BCUT2D eigenvalue weighted by atomic mass is 10.1. The van der Waals surface area contributed by atoms with Gasteiger partial charge in [-0.1, -0.05) is 13.8 Å². The fourth-order valence-corrected chi connectivity index (χ4v) is 2.51. The molecule has 0 amide bonds. The molecule has 0 saturated carbocycles. The molecule has 0 atom stereocenters. The van der Waals surface area contributed by atoms with Crippen LogP contribution in [0.4, 0.5) is 0 Å². The first-order valence-corrected chi connectivity index (χ1v) is 6.51. The molecule has 1 N–H and O–H groups in total. The third-order valence-corrected chi connectivity index (χ3v) is 3.30. The van der Waals surface area contributed by atoms with Gasteiger partial charge in [0.25, 0.3) is 0 Å². The van der Waals surface area contributed by atoms with Crippen molar-refractivity contribution >= 4 is 21.9 Å². The average Bonchev–Trinajstić information content (AvgIpc) is 2.65. The van der Waals surface area contributed by atoms with Gasteiger partial charge in [-0.25, -0.2) is 4.98 Å². The molecule has 0 radical (unpaired) electrons. The van der Waals surface area contributed by atoms with Gasteiger partial charge in [0.05, 0.1) is 17.2 Å². The van der Waals surface area contributed by atoms with Crippen molar-refractivity contribution in [3.8, 4) is 5.75 Å². The largest absolute Gasteiger partial charge is 0.508 e. The van der Waals surface area contributed by atoms with Crippen molar-refractivity contribution in [2.24, 2.45) is 5.92 Å². The SMILES string of the molecule is Cc1nc2cnc3cc(O)ccc3c2n1CC(C)C. The lowest BCUT2D eigenvalue weighted by Crippen LogP contribution is -2.06. The highest BCUT2D eigenvalue weighted by atomic mass is 16.3. The second kappa shape index (κ2) is 4.23. The summed E-state index contributed by atoms with van der Waals surface area (Å²) in [6, 6.07) is 5.31. The van der Waals surface area contributed by atoms with Crippen LogP contribution in [-0.2, 0) is 6.54 Å². The summed E-state index contributed by atoms with van der Waals surface area (Å²) in [5.41, 5.74) is 2.82. The molecule has 0 fully saturated rings. The highest BCUT2D eigenvalue weighted by Gasteiger charge is 2.12. The van der Waals surface area contributed by atoms with Gasteiger partial charge < -0.3 is 9.67 Å². The molecule has 1 aromatic carbocycles. The topological polar surface area (TPSA) is 50.9 Å². The number of aryl methyl sites for hydroxylation is 1. The predicted molar refractivity (Wildman–Crippen MR) is 76.3 cm³/mol. The van der Waals surface area contributed by atoms with E-state index in [1.807, 2.05) is 13.0 Å². The summed E-state index contributed by atoms with van der Waals surface area (Å²) >= 11 is 0. The number of pyridine rings is 1. The maximum Gasteiger partial charge on any atom is 0.117 e. The monoisotopic (exact) mass is 255 g/mol. The smallest absolute Gasteiger partial charge is 0.117 e. The molecule has 0 aliphatic rings. The molecule has 3 rings (SSSR count). The predicted octanol–water partition coefficient (Wildman–Crippen LogP) is 3.25. The number of imidazole rings is 1. The molecule has 4 heteroatoms. The normalized spacial score (nSPS) is 11.8. The van der Waals surface area contributed by atoms with Crippen LogP contribution in [0.1, 0.15) is 19.7 Å². The zero-order chi connectivity index (χ0) is 13.6. The van der Waals surface area contributed by atoms with Gasteiger partial charge in [-0.05, 0) is 25.0 Å². The Balaban J connectivity index is 2.38. The van der Waals surface area contributed by atoms with Crippen molar-refractivity contribution < 1.29 is 5.11 Å². The van der Waals surface area contributed by atoms with Gasteiger partial charge in [-0.15, -0.1) is 0 Å². The van der Waals surface area contributed by atoms with Gasteiger partial charge in [0.15, 0.2) is 0 Å². The number of phenols is 1. The van der Waals surface area contributed by atoms with Gasteiger partial charge in [0, 0.05) is 18.0 Å². The third kappa shape index (κ3) is 1.93. The number of hydrogen-bond donors (Lipinski definition) is 1. The van der Waals surface area contributed by atoms with Gasteiger partial charge in [-0.2, -0.15) is 0 Å². The number of phenolic OH excluding ortho intramolecular Hbond substituents is 1. The van der Waals surface area contributed by atoms with Crippen molar-refractivity contribution in [1.29, 1.82) is 0 Å². The Bertz CT molecular complexity index is 759. The number of hydrogen-bond acceptors (Lipinski definition) is 3. The quantitative estimate of drug-likeness (QED) is 0.764. The van der Waals surface area contributed by atoms with Gasteiger partial charge in [-0.3, -0.25) is 4.98 Å². The molecule has 0 aliphatic heterocycles. The first-order chi connectivity index (χ1) is 9.06. The Morgan fingerprint density at radius 1 is 1.26 bits per heavy atom. The number of aromatic nitrogens is 3. The Kier molecular flexibility index (Phi) is 2.66. The van der Waals surface area contributed by atoms with Crippen LogP contribution in [0.2, 0.25) is 0 Å². The van der Waals surface area contributed by atoms with Crippen LogP contribution in [0.3, 0.4) is 0 Å². The molecule has 2 heterocycles. The molecular weight excluding hydrogens is 238 g/mol. The zero-order valence-corrected chi connectivity index (χ0v) is 11.4. The van der Waals surface area contributed by atoms with E-state index >= 15 is 0 Å². The maximum absolute atomic E-state index is 9.56. The number of rotatable bonds is 2. The Morgan fingerprint density at radius 3 is 2.79 bits per heavy atom. The second-order valence-corrected chi connectivity index (χ2v) is 5.36. The standard InChI is InChI=1S/C15H17N3O/c1-9(2)8-18-10(3)17-14-7-16-13-6-11(19)4-5-12(13)15(14)18/h4-7,9,19H,8H2,1-3H3. The highest BCUT2D eigenvalue weighted by Crippen LogP contribution is 2.27. The van der Waals surface area contributed by atoms with E-state index in [-0.39, 0.29) is 5.75 Å². The summed E-state index contributed by atoms with van der Waals surface area (Å²) in [4.78, 5) is 8.94. The van der Waals surface area contributed by atoms with E-state index in [1.54, 1.807) is 18.3 Å². The minimum absolute atomic E-state index is 0.242. The fourth-order valence-electron chi connectivity index (χ4n) is 2.51. The molecule has 2 aromatic heterocycles. The van der Waals surface area contributed by atoms with E-state index in [0.29, 0.717) is 5.92 Å². The lowest BCUT2D eigenvalue weighted by Gasteiger charge is -2.11. The van der Waals surface area contributed by atoms with Crippen molar-refractivity contribution in [3.63, 3.8) is 0 Å². The molecule has 19 heavy (non-hydrogen) atoms. The summed E-state index contributed by atoms with van der Waals surface area (Å²) < 4.78 is 2.24. The summed E-state index contributed by atoms with van der Waals surface area (Å²) in [6.45, 7) is 7.35. The van der Waals surface area contributed by atoms with Crippen LogP contribution in [0.5, 0.6) is 5.75 Å². The van der Waals surface area contributed by atoms with E-state index < -0.39 is 0 Å². The van der Waals surface area contributed by atoms with Crippen LogP contribution >= 0.6 is 0 Å². The van der Waals surface area contributed by atoms with Crippen LogP contribution in [0.15, 0.2) is 24.4 Å². The molecule has 0 spiro atoms. The van der Waals surface area contributed by atoms with E-state index in [2.05, 4.69) is 28.4 Å². The summed E-state index contributed by atoms with van der Waals surface area (Å²) in [6.07, 6.45) is 1.78. The number of benzene rings is 1. The molecule has 4 nitrogen and oxygen atoms in total. The number of nitrogens with zero attached hydrogens (tertiary/aromatic N) is 3. The molecule has 0 aliphatic carbocycles. The van der Waals surface area contributed by atoms with Crippen molar-refractivity contribution in [3.05, 3.63) is 30.2 Å². The molecule has 3 aromatic rings. The van der Waals surface area contributed by atoms with Crippen molar-refractivity contribution in [2.45, 2.75) is 27.3 Å². The third-order valence-electron chi connectivity index (χ3n) is 3.30. The van der Waals surface area contributed by atoms with Crippen LogP contribution in [0, 0.1) is 12.8 Å². The van der Waals surface area contributed by atoms with Crippen LogP contribution in [0.25, 0.3) is 21.9 Å². The molecule has 0 bridgehead atoms. The first-order valence-electron chi connectivity index (χ1n) is 6.51. The van der Waals surface area contributed by atoms with Gasteiger partial charge in [0.2, 0.25) is 0 Å². The second-order valence-electron chi connectivity index (χ2n) is 5.36. The summed E-state index contributed by atoms with van der Waals surface area (Å²) in [7, 11) is 0. The van der Waals surface area contributed by atoms with Crippen LogP contribution < -0.4 is 0 Å². The summed E-state index contributed by atoms with van der Waals surface area (Å²) in [5.74, 6) is 1.80. The average molecular weight is 255 g/mol. The molecule has 0 saturated heterocycles. The molecular formula is C15H17N3O. The maximum atomic E-state index is 9.56. The van der Waals surface area contributed by atoms with E-state index in [4.69, 9.17) is 0 Å². The zero-order valence-electron chi connectivity index (χ0n) is 11.4.